The van der Waals surface area contributed by atoms with Gasteiger partial charge in [0, 0.05) is 17.0 Å². The molecule has 1 aromatic carbocycles. The van der Waals surface area contributed by atoms with Crippen molar-refractivity contribution < 1.29 is 14.6 Å². The van der Waals surface area contributed by atoms with Crippen LogP contribution in [0.25, 0.3) is 0 Å². The first-order valence-electron chi connectivity index (χ1n) is 4.95. The van der Waals surface area contributed by atoms with Crippen molar-refractivity contribution in [3.63, 3.8) is 0 Å². The summed E-state index contributed by atoms with van der Waals surface area (Å²) in [6.07, 6.45) is 1.73. The molecular formula is C11H14FNO2. The Kier molecular flexibility index (Phi) is 2.12. The van der Waals surface area contributed by atoms with Gasteiger partial charge in [0.15, 0.2) is 17.3 Å². The number of benzene rings is 1. The monoisotopic (exact) mass is 211 g/mol. The van der Waals surface area contributed by atoms with E-state index in [1.807, 2.05) is 6.92 Å². The van der Waals surface area contributed by atoms with Crippen molar-refractivity contribution in [3.05, 3.63) is 23.5 Å². The molecule has 1 atom stereocenters. The van der Waals surface area contributed by atoms with Crippen LogP contribution in [0, 0.1) is 5.82 Å². The van der Waals surface area contributed by atoms with E-state index in [-0.39, 0.29) is 17.2 Å². The smallest absolute Gasteiger partial charge is 0.194 e. The Labute approximate surface area is 87.3 Å². The standard InChI is InChI=1S/C11H14FNO2/c1-6(13)11(4-5-11)7-2-3-8(12)10(15)9(7)14/h2-3,6,14-15H,4-5,13H2,1H3. The van der Waals surface area contributed by atoms with E-state index >= 15 is 0 Å². The fourth-order valence-corrected chi connectivity index (χ4v) is 2.06. The van der Waals surface area contributed by atoms with Gasteiger partial charge in [-0.3, -0.25) is 0 Å². The van der Waals surface area contributed by atoms with E-state index in [4.69, 9.17) is 5.73 Å². The average molecular weight is 211 g/mol. The first kappa shape index (κ1) is 10.2. The summed E-state index contributed by atoms with van der Waals surface area (Å²) in [5.74, 6) is -1.86. The summed E-state index contributed by atoms with van der Waals surface area (Å²) in [4.78, 5) is 0. The van der Waals surface area contributed by atoms with Gasteiger partial charge in [0.1, 0.15) is 0 Å². The molecule has 3 nitrogen and oxygen atoms in total. The van der Waals surface area contributed by atoms with Crippen LogP contribution in [0.1, 0.15) is 25.3 Å². The molecule has 0 saturated heterocycles. The number of nitrogens with two attached hydrogens (primary N) is 1. The summed E-state index contributed by atoms with van der Waals surface area (Å²) in [6.45, 7) is 1.85. The lowest BCUT2D eigenvalue weighted by atomic mass is 9.88. The van der Waals surface area contributed by atoms with Crippen LogP contribution in [0.4, 0.5) is 4.39 Å². The molecule has 1 unspecified atom stereocenters. The molecule has 82 valence electrons. The molecule has 0 heterocycles. The van der Waals surface area contributed by atoms with Gasteiger partial charge >= 0.3 is 0 Å². The summed E-state index contributed by atoms with van der Waals surface area (Å²) in [5, 5.41) is 19.0. The Morgan fingerprint density at radius 2 is 1.93 bits per heavy atom. The van der Waals surface area contributed by atoms with Gasteiger partial charge < -0.3 is 15.9 Å². The predicted molar refractivity (Wildman–Crippen MR) is 54.3 cm³/mol. The summed E-state index contributed by atoms with van der Waals surface area (Å²) in [6, 6.07) is 2.54. The molecule has 1 fully saturated rings. The fourth-order valence-electron chi connectivity index (χ4n) is 2.06. The molecule has 0 amide bonds. The molecule has 0 spiro atoms. The van der Waals surface area contributed by atoms with Gasteiger partial charge in [0.05, 0.1) is 0 Å². The normalized spacial score (nSPS) is 19.9. The minimum absolute atomic E-state index is 0.117. The zero-order chi connectivity index (χ0) is 11.2. The summed E-state index contributed by atoms with van der Waals surface area (Å²) >= 11 is 0. The molecule has 0 bridgehead atoms. The highest BCUT2D eigenvalue weighted by atomic mass is 19.1. The number of hydrogen-bond donors (Lipinski definition) is 3. The second-order valence-electron chi connectivity index (χ2n) is 4.24. The van der Waals surface area contributed by atoms with Gasteiger partial charge in [-0.1, -0.05) is 6.07 Å². The molecule has 0 radical (unpaired) electrons. The van der Waals surface area contributed by atoms with Crippen molar-refractivity contribution in [2.45, 2.75) is 31.2 Å². The van der Waals surface area contributed by atoms with Crippen LogP contribution in [0.5, 0.6) is 11.5 Å². The van der Waals surface area contributed by atoms with Crippen LogP contribution in [0.3, 0.4) is 0 Å². The lowest BCUT2D eigenvalue weighted by molar-refractivity contribution is 0.368. The third-order valence-corrected chi connectivity index (χ3v) is 3.30. The van der Waals surface area contributed by atoms with E-state index in [0.717, 1.165) is 18.9 Å². The van der Waals surface area contributed by atoms with Crippen molar-refractivity contribution in [2.24, 2.45) is 5.73 Å². The zero-order valence-corrected chi connectivity index (χ0v) is 8.50. The second-order valence-corrected chi connectivity index (χ2v) is 4.24. The van der Waals surface area contributed by atoms with Crippen LogP contribution < -0.4 is 5.73 Å². The Hall–Kier alpha value is -1.29. The van der Waals surface area contributed by atoms with E-state index in [2.05, 4.69) is 0 Å². The van der Waals surface area contributed by atoms with E-state index in [9.17, 15) is 14.6 Å². The molecule has 15 heavy (non-hydrogen) atoms. The number of hydrogen-bond acceptors (Lipinski definition) is 3. The average Bonchev–Trinajstić information content (AvgIpc) is 2.95. The number of rotatable bonds is 2. The highest BCUT2D eigenvalue weighted by Crippen LogP contribution is 2.54. The maximum Gasteiger partial charge on any atom is 0.194 e. The Balaban J connectivity index is 2.51. The fraction of sp³-hybridized carbons (Fsp3) is 0.455. The Morgan fingerprint density at radius 1 is 1.33 bits per heavy atom. The quantitative estimate of drug-likeness (QED) is 0.651. The van der Waals surface area contributed by atoms with E-state index in [0.29, 0.717) is 5.56 Å². The van der Waals surface area contributed by atoms with E-state index < -0.39 is 11.6 Å². The lowest BCUT2D eigenvalue weighted by Gasteiger charge is -2.21. The van der Waals surface area contributed by atoms with Crippen LogP contribution in [-0.4, -0.2) is 16.3 Å². The third-order valence-electron chi connectivity index (χ3n) is 3.30. The molecule has 1 aliphatic carbocycles. The Morgan fingerprint density at radius 3 is 2.40 bits per heavy atom. The third kappa shape index (κ3) is 1.36. The minimum atomic E-state index is -0.809. The molecule has 1 aromatic rings. The number of aromatic hydroxyl groups is 2. The zero-order valence-electron chi connectivity index (χ0n) is 8.50. The molecular weight excluding hydrogens is 197 g/mol. The molecule has 2 rings (SSSR count). The largest absolute Gasteiger partial charge is 0.504 e. The first-order chi connectivity index (χ1) is 6.99. The van der Waals surface area contributed by atoms with Gasteiger partial charge in [-0.25, -0.2) is 4.39 Å². The summed E-state index contributed by atoms with van der Waals surface area (Å²) in [5.41, 5.74) is 6.10. The van der Waals surface area contributed by atoms with Crippen molar-refractivity contribution >= 4 is 0 Å². The first-order valence-corrected chi connectivity index (χ1v) is 4.95. The van der Waals surface area contributed by atoms with Gasteiger partial charge in [-0.15, -0.1) is 0 Å². The van der Waals surface area contributed by atoms with Crippen LogP contribution in [-0.2, 0) is 5.41 Å². The maximum atomic E-state index is 12.9. The van der Waals surface area contributed by atoms with Crippen LogP contribution in [0.15, 0.2) is 12.1 Å². The van der Waals surface area contributed by atoms with Crippen molar-refractivity contribution in [1.29, 1.82) is 0 Å². The molecule has 0 aromatic heterocycles. The van der Waals surface area contributed by atoms with Crippen molar-refractivity contribution in [3.8, 4) is 11.5 Å². The second kappa shape index (κ2) is 3.10. The van der Waals surface area contributed by atoms with Gasteiger partial charge in [-0.2, -0.15) is 0 Å². The predicted octanol–water partition coefficient (Wildman–Crippen LogP) is 1.62. The van der Waals surface area contributed by atoms with Gasteiger partial charge in [0.25, 0.3) is 0 Å². The number of phenols is 2. The van der Waals surface area contributed by atoms with Crippen LogP contribution >= 0.6 is 0 Å². The molecule has 0 aliphatic heterocycles. The highest BCUT2D eigenvalue weighted by molar-refractivity contribution is 5.52. The minimum Gasteiger partial charge on any atom is -0.504 e. The topological polar surface area (TPSA) is 66.5 Å². The lowest BCUT2D eigenvalue weighted by Crippen LogP contribution is -2.31. The van der Waals surface area contributed by atoms with Crippen molar-refractivity contribution in [1.82, 2.24) is 0 Å². The summed E-state index contributed by atoms with van der Waals surface area (Å²) < 4.78 is 12.9. The van der Waals surface area contributed by atoms with E-state index in [1.54, 1.807) is 0 Å². The van der Waals surface area contributed by atoms with Crippen molar-refractivity contribution in [2.75, 3.05) is 0 Å². The molecule has 4 N–H and O–H groups in total. The number of phenolic OH excluding ortho intramolecular Hbond substituents is 2. The SMILES string of the molecule is CC(N)C1(c2ccc(F)c(O)c2O)CC1. The van der Waals surface area contributed by atoms with Gasteiger partial charge in [-0.05, 0) is 25.8 Å². The van der Waals surface area contributed by atoms with Gasteiger partial charge in [0.2, 0.25) is 0 Å². The van der Waals surface area contributed by atoms with E-state index in [1.165, 1.54) is 6.07 Å². The molecule has 1 aliphatic rings. The number of halogens is 1. The maximum absolute atomic E-state index is 12.9. The molecule has 1 saturated carbocycles. The Bertz CT molecular complexity index is 400. The van der Waals surface area contributed by atoms with Crippen LogP contribution in [0.2, 0.25) is 0 Å². The molecule has 4 heteroatoms. The summed E-state index contributed by atoms with van der Waals surface area (Å²) in [7, 11) is 0. The highest BCUT2D eigenvalue weighted by Gasteiger charge is 2.49.